The summed E-state index contributed by atoms with van der Waals surface area (Å²) in [5.41, 5.74) is 1.69. The fourth-order valence-electron chi connectivity index (χ4n) is 1.75. The molecule has 1 aromatic heterocycles. The number of carbonyl (C=O) groups is 1. The highest BCUT2D eigenvalue weighted by Crippen LogP contribution is 2.17. The summed E-state index contributed by atoms with van der Waals surface area (Å²) in [4.78, 5) is 23.0. The van der Waals surface area contributed by atoms with Gasteiger partial charge in [0, 0.05) is 18.2 Å². The molecule has 0 spiro atoms. The summed E-state index contributed by atoms with van der Waals surface area (Å²) >= 11 is 5.89. The molecule has 2 aromatic rings. The average Bonchev–Trinajstić information content (AvgIpc) is 2.49. The Morgan fingerprint density at radius 3 is 2.91 bits per heavy atom. The van der Waals surface area contributed by atoms with Crippen molar-refractivity contribution in [3.63, 3.8) is 0 Å². The largest absolute Gasteiger partial charge is 0.378 e. The zero-order chi connectivity index (χ0) is 16.1. The number of benzene rings is 1. The van der Waals surface area contributed by atoms with E-state index in [1.54, 1.807) is 0 Å². The molecule has 0 aliphatic carbocycles. The van der Waals surface area contributed by atoms with Gasteiger partial charge in [-0.15, -0.1) is 0 Å². The van der Waals surface area contributed by atoms with E-state index in [0.29, 0.717) is 12.2 Å². The van der Waals surface area contributed by atoms with Crippen molar-refractivity contribution in [2.45, 2.75) is 20.4 Å². The van der Waals surface area contributed by atoms with E-state index in [-0.39, 0.29) is 16.8 Å². The van der Waals surface area contributed by atoms with Crippen molar-refractivity contribution in [3.8, 4) is 0 Å². The van der Waals surface area contributed by atoms with Gasteiger partial charge in [0.1, 0.15) is 5.02 Å². The number of carbonyl (C=O) groups excluding carboxylic acids is 1. The van der Waals surface area contributed by atoms with E-state index >= 15 is 0 Å². The van der Waals surface area contributed by atoms with E-state index in [9.17, 15) is 9.59 Å². The van der Waals surface area contributed by atoms with E-state index < -0.39 is 5.56 Å². The van der Waals surface area contributed by atoms with Gasteiger partial charge >= 0.3 is 0 Å². The molecule has 0 bridgehead atoms. The monoisotopic (exact) mass is 320 g/mol. The maximum absolute atomic E-state index is 11.7. The molecule has 1 aromatic carbocycles. The van der Waals surface area contributed by atoms with Crippen LogP contribution in [0.25, 0.3) is 0 Å². The number of nitrogens with zero attached hydrogens (tertiary/aromatic N) is 1. The summed E-state index contributed by atoms with van der Waals surface area (Å²) in [6.45, 7) is 4.13. The average molecular weight is 321 g/mol. The van der Waals surface area contributed by atoms with E-state index in [1.807, 2.05) is 38.1 Å². The molecule has 0 unspecified atom stereocenters. The standard InChI is InChI=1S/C15H17ClN4O2/c1-9(2)14(21)19-11-5-3-4-10(6-11)7-17-12-8-18-20-15(22)13(12)16/h3-6,8-9H,7H2,1-2H3,(H,19,21)(H2,17,20,22). The Morgan fingerprint density at radius 1 is 1.41 bits per heavy atom. The van der Waals surface area contributed by atoms with Gasteiger partial charge in [0.25, 0.3) is 5.56 Å². The molecule has 6 nitrogen and oxygen atoms in total. The third-order valence-corrected chi connectivity index (χ3v) is 3.37. The van der Waals surface area contributed by atoms with Crippen LogP contribution in [0, 0.1) is 5.92 Å². The summed E-state index contributed by atoms with van der Waals surface area (Å²) in [7, 11) is 0. The Morgan fingerprint density at radius 2 is 2.18 bits per heavy atom. The van der Waals surface area contributed by atoms with E-state index in [0.717, 1.165) is 11.3 Å². The molecule has 0 radical (unpaired) electrons. The van der Waals surface area contributed by atoms with Crippen LogP contribution in [0.15, 0.2) is 35.3 Å². The van der Waals surface area contributed by atoms with Crippen molar-refractivity contribution in [1.82, 2.24) is 10.2 Å². The maximum Gasteiger partial charge on any atom is 0.285 e. The summed E-state index contributed by atoms with van der Waals surface area (Å²) < 4.78 is 0. The minimum absolute atomic E-state index is 0.0352. The highest BCUT2D eigenvalue weighted by atomic mass is 35.5. The Balaban J connectivity index is 2.06. The molecule has 7 heteroatoms. The Hall–Kier alpha value is -2.34. The van der Waals surface area contributed by atoms with Crippen molar-refractivity contribution in [3.05, 3.63) is 51.4 Å². The van der Waals surface area contributed by atoms with Crippen molar-refractivity contribution in [2.75, 3.05) is 10.6 Å². The molecule has 1 heterocycles. The SMILES string of the molecule is CC(C)C(=O)Nc1cccc(CNc2cn[nH]c(=O)c2Cl)c1. The predicted molar refractivity (Wildman–Crippen MR) is 87.1 cm³/mol. The van der Waals surface area contributed by atoms with Crippen LogP contribution in [-0.2, 0) is 11.3 Å². The number of hydrogen-bond acceptors (Lipinski definition) is 4. The zero-order valence-electron chi connectivity index (χ0n) is 12.3. The van der Waals surface area contributed by atoms with E-state index in [1.165, 1.54) is 6.20 Å². The molecule has 0 aliphatic rings. The van der Waals surface area contributed by atoms with Crippen LogP contribution >= 0.6 is 11.6 Å². The predicted octanol–water partition coefficient (Wildman–Crippen LogP) is 2.63. The quantitative estimate of drug-likeness (QED) is 0.790. The van der Waals surface area contributed by atoms with Gasteiger partial charge in [-0.1, -0.05) is 37.6 Å². The van der Waals surface area contributed by atoms with Crippen LogP contribution < -0.4 is 16.2 Å². The van der Waals surface area contributed by atoms with Gasteiger partial charge in [-0.2, -0.15) is 5.10 Å². The zero-order valence-corrected chi connectivity index (χ0v) is 13.1. The number of rotatable bonds is 5. The van der Waals surface area contributed by atoms with E-state index in [4.69, 9.17) is 11.6 Å². The lowest BCUT2D eigenvalue weighted by Gasteiger charge is -2.10. The van der Waals surface area contributed by atoms with Crippen molar-refractivity contribution in [2.24, 2.45) is 5.92 Å². The third-order valence-electron chi connectivity index (χ3n) is 3.00. The first-order valence-corrected chi connectivity index (χ1v) is 7.22. The van der Waals surface area contributed by atoms with Crippen LogP contribution in [0.5, 0.6) is 0 Å². The normalized spacial score (nSPS) is 10.5. The summed E-state index contributed by atoms with van der Waals surface area (Å²) in [6, 6.07) is 7.45. The number of H-pyrrole nitrogens is 1. The van der Waals surface area contributed by atoms with Crippen LogP contribution in [0.1, 0.15) is 19.4 Å². The van der Waals surface area contributed by atoms with Crippen LogP contribution in [0.2, 0.25) is 5.02 Å². The fourth-order valence-corrected chi connectivity index (χ4v) is 1.91. The first-order chi connectivity index (χ1) is 10.5. The highest BCUT2D eigenvalue weighted by molar-refractivity contribution is 6.32. The molecule has 0 saturated heterocycles. The topological polar surface area (TPSA) is 86.9 Å². The molecular weight excluding hydrogens is 304 g/mol. The molecule has 22 heavy (non-hydrogen) atoms. The molecule has 0 fully saturated rings. The molecule has 2 rings (SSSR count). The lowest BCUT2D eigenvalue weighted by Crippen LogP contribution is -2.17. The number of halogens is 1. The Kier molecular flexibility index (Phi) is 5.16. The lowest BCUT2D eigenvalue weighted by atomic mass is 10.1. The third kappa shape index (κ3) is 4.08. The molecule has 3 N–H and O–H groups in total. The van der Waals surface area contributed by atoms with Gasteiger partial charge in [-0.3, -0.25) is 9.59 Å². The number of aromatic nitrogens is 2. The van der Waals surface area contributed by atoms with Crippen molar-refractivity contribution < 1.29 is 4.79 Å². The number of nitrogens with one attached hydrogen (secondary N) is 3. The van der Waals surface area contributed by atoms with Gasteiger partial charge in [0.05, 0.1) is 11.9 Å². The summed E-state index contributed by atoms with van der Waals surface area (Å²) in [5, 5.41) is 11.9. The molecular formula is C15H17ClN4O2. The Bertz CT molecular complexity index is 727. The summed E-state index contributed by atoms with van der Waals surface area (Å²) in [6.07, 6.45) is 1.45. The van der Waals surface area contributed by atoms with Gasteiger partial charge in [0.15, 0.2) is 0 Å². The van der Waals surface area contributed by atoms with Gasteiger partial charge in [0.2, 0.25) is 5.91 Å². The van der Waals surface area contributed by atoms with Crippen LogP contribution in [0.3, 0.4) is 0 Å². The second-order valence-electron chi connectivity index (χ2n) is 5.12. The highest BCUT2D eigenvalue weighted by Gasteiger charge is 2.08. The number of hydrogen-bond donors (Lipinski definition) is 3. The van der Waals surface area contributed by atoms with Crippen LogP contribution in [-0.4, -0.2) is 16.1 Å². The van der Waals surface area contributed by atoms with Crippen molar-refractivity contribution >= 4 is 28.9 Å². The van der Waals surface area contributed by atoms with Gasteiger partial charge in [-0.25, -0.2) is 5.10 Å². The smallest absolute Gasteiger partial charge is 0.285 e. The second-order valence-corrected chi connectivity index (χ2v) is 5.50. The lowest BCUT2D eigenvalue weighted by molar-refractivity contribution is -0.118. The molecule has 0 atom stereocenters. The first-order valence-electron chi connectivity index (χ1n) is 6.84. The Labute approximate surface area is 132 Å². The minimum atomic E-state index is -0.440. The second kappa shape index (κ2) is 7.09. The molecule has 1 amide bonds. The molecule has 0 aliphatic heterocycles. The number of anilines is 2. The fraction of sp³-hybridized carbons (Fsp3) is 0.267. The maximum atomic E-state index is 11.7. The van der Waals surface area contributed by atoms with Crippen LogP contribution in [0.4, 0.5) is 11.4 Å². The van der Waals surface area contributed by atoms with Crippen molar-refractivity contribution in [1.29, 1.82) is 0 Å². The molecule has 0 saturated carbocycles. The number of aromatic amines is 1. The number of amides is 1. The minimum Gasteiger partial charge on any atom is -0.378 e. The molecule has 116 valence electrons. The van der Waals surface area contributed by atoms with Gasteiger partial charge < -0.3 is 10.6 Å². The summed E-state index contributed by atoms with van der Waals surface area (Å²) in [5.74, 6) is -0.116. The van der Waals surface area contributed by atoms with E-state index in [2.05, 4.69) is 20.8 Å². The van der Waals surface area contributed by atoms with Gasteiger partial charge in [-0.05, 0) is 17.7 Å². The first kappa shape index (κ1) is 16.0.